The number of hydrogen-bond donors (Lipinski definition) is 2. The van der Waals surface area contributed by atoms with Gasteiger partial charge in [0.15, 0.2) is 0 Å². The van der Waals surface area contributed by atoms with Crippen LogP contribution in [-0.2, 0) is 4.74 Å². The van der Waals surface area contributed by atoms with Crippen molar-refractivity contribution in [2.45, 2.75) is 65.0 Å². The van der Waals surface area contributed by atoms with Crippen molar-refractivity contribution < 1.29 is 4.74 Å². The largest absolute Gasteiger partial charge is 0.385 e. The average Bonchev–Trinajstić information content (AvgIpc) is 2.36. The Morgan fingerprint density at radius 1 is 1.39 bits per heavy atom. The third-order valence-corrected chi connectivity index (χ3v) is 3.96. The van der Waals surface area contributed by atoms with Crippen molar-refractivity contribution in [3.8, 4) is 0 Å². The minimum atomic E-state index is 0.324. The first kappa shape index (κ1) is 15.9. The van der Waals surface area contributed by atoms with Gasteiger partial charge in [-0.1, -0.05) is 20.3 Å². The fourth-order valence-corrected chi connectivity index (χ4v) is 2.55. The van der Waals surface area contributed by atoms with E-state index in [4.69, 9.17) is 4.74 Å². The molecule has 0 aromatic rings. The van der Waals surface area contributed by atoms with E-state index in [1.54, 1.807) is 7.11 Å². The molecule has 3 nitrogen and oxygen atoms in total. The Balaban J connectivity index is 2.16. The highest BCUT2D eigenvalue weighted by molar-refractivity contribution is 4.79. The lowest BCUT2D eigenvalue weighted by atomic mass is 9.89. The lowest BCUT2D eigenvalue weighted by Gasteiger charge is -2.30. The highest BCUT2D eigenvalue weighted by Crippen LogP contribution is 2.19. The van der Waals surface area contributed by atoms with Crippen LogP contribution in [-0.4, -0.2) is 38.9 Å². The summed E-state index contributed by atoms with van der Waals surface area (Å²) in [5.41, 5.74) is 0.324. The molecule has 108 valence electrons. The number of ether oxygens (including phenoxy) is 1. The van der Waals surface area contributed by atoms with Crippen LogP contribution in [0.5, 0.6) is 0 Å². The monoisotopic (exact) mass is 256 g/mol. The van der Waals surface area contributed by atoms with Crippen molar-refractivity contribution in [3.05, 3.63) is 0 Å². The highest BCUT2D eigenvalue weighted by Gasteiger charge is 2.20. The van der Waals surface area contributed by atoms with Gasteiger partial charge in [0.1, 0.15) is 0 Å². The van der Waals surface area contributed by atoms with Crippen molar-refractivity contribution in [2.24, 2.45) is 5.41 Å². The maximum atomic E-state index is 5.17. The zero-order chi connectivity index (χ0) is 13.4. The number of rotatable bonds is 8. The molecule has 3 heteroatoms. The molecule has 1 saturated heterocycles. The van der Waals surface area contributed by atoms with Crippen LogP contribution < -0.4 is 10.6 Å². The summed E-state index contributed by atoms with van der Waals surface area (Å²) in [4.78, 5) is 0. The van der Waals surface area contributed by atoms with Gasteiger partial charge in [-0.25, -0.2) is 0 Å². The van der Waals surface area contributed by atoms with E-state index >= 15 is 0 Å². The van der Waals surface area contributed by atoms with Crippen molar-refractivity contribution >= 4 is 0 Å². The first-order valence-corrected chi connectivity index (χ1v) is 7.49. The third-order valence-electron chi connectivity index (χ3n) is 3.96. The molecule has 2 atom stereocenters. The van der Waals surface area contributed by atoms with E-state index in [1.165, 1.54) is 32.2 Å². The Hall–Kier alpha value is -0.120. The molecule has 0 saturated carbocycles. The van der Waals surface area contributed by atoms with E-state index in [0.29, 0.717) is 11.5 Å². The van der Waals surface area contributed by atoms with Gasteiger partial charge in [-0.2, -0.15) is 0 Å². The number of methoxy groups -OCH3 is 1. The van der Waals surface area contributed by atoms with E-state index in [2.05, 4.69) is 31.4 Å². The van der Waals surface area contributed by atoms with E-state index in [-0.39, 0.29) is 0 Å². The zero-order valence-corrected chi connectivity index (χ0v) is 12.7. The molecule has 0 amide bonds. The van der Waals surface area contributed by atoms with Crippen molar-refractivity contribution in [3.63, 3.8) is 0 Å². The second-order valence-electron chi connectivity index (χ2n) is 6.57. The highest BCUT2D eigenvalue weighted by atomic mass is 16.5. The summed E-state index contributed by atoms with van der Waals surface area (Å²) in [6.07, 6.45) is 6.45. The molecule has 1 heterocycles. The topological polar surface area (TPSA) is 33.3 Å². The Bertz CT molecular complexity index is 213. The lowest BCUT2D eigenvalue weighted by Crippen LogP contribution is -2.42. The summed E-state index contributed by atoms with van der Waals surface area (Å²) < 4.78 is 5.17. The smallest absolute Gasteiger partial charge is 0.0467 e. The van der Waals surface area contributed by atoms with Gasteiger partial charge in [0.25, 0.3) is 0 Å². The summed E-state index contributed by atoms with van der Waals surface area (Å²) in [6, 6.07) is 1.32. The van der Waals surface area contributed by atoms with Crippen LogP contribution in [0.2, 0.25) is 0 Å². The van der Waals surface area contributed by atoms with Crippen LogP contribution in [0.4, 0.5) is 0 Å². The Morgan fingerprint density at radius 3 is 2.78 bits per heavy atom. The van der Waals surface area contributed by atoms with Gasteiger partial charge < -0.3 is 15.4 Å². The quantitative estimate of drug-likeness (QED) is 0.700. The fraction of sp³-hybridized carbons (Fsp3) is 1.00. The number of piperidine rings is 1. The molecule has 1 aliphatic rings. The summed E-state index contributed by atoms with van der Waals surface area (Å²) in [7, 11) is 1.78. The average molecular weight is 256 g/mol. The molecule has 18 heavy (non-hydrogen) atoms. The summed E-state index contributed by atoms with van der Waals surface area (Å²) in [5.74, 6) is 0. The van der Waals surface area contributed by atoms with Crippen molar-refractivity contribution in [1.29, 1.82) is 0 Å². The second kappa shape index (κ2) is 8.13. The first-order valence-electron chi connectivity index (χ1n) is 7.49. The van der Waals surface area contributed by atoms with Gasteiger partial charge in [0, 0.05) is 32.3 Å². The Kier molecular flexibility index (Phi) is 7.20. The van der Waals surface area contributed by atoms with Gasteiger partial charge in [0.05, 0.1) is 0 Å². The van der Waals surface area contributed by atoms with Crippen LogP contribution in [0.1, 0.15) is 52.9 Å². The second-order valence-corrected chi connectivity index (χ2v) is 6.57. The normalized spacial score (nSPS) is 23.0. The van der Waals surface area contributed by atoms with E-state index in [9.17, 15) is 0 Å². The molecule has 0 aromatic heterocycles. The zero-order valence-electron chi connectivity index (χ0n) is 12.7. The molecule has 1 fully saturated rings. The molecular weight excluding hydrogens is 224 g/mol. The predicted molar refractivity (Wildman–Crippen MR) is 78.0 cm³/mol. The minimum Gasteiger partial charge on any atom is -0.385 e. The predicted octanol–water partition coefficient (Wildman–Crippen LogP) is 2.56. The molecule has 1 rings (SSSR count). The van der Waals surface area contributed by atoms with Crippen LogP contribution in [0.25, 0.3) is 0 Å². The first-order chi connectivity index (χ1) is 8.53. The summed E-state index contributed by atoms with van der Waals surface area (Å²) in [6.45, 7) is 10.1. The van der Waals surface area contributed by atoms with Crippen LogP contribution >= 0.6 is 0 Å². The van der Waals surface area contributed by atoms with Gasteiger partial charge in [-0.05, 0) is 44.6 Å². The van der Waals surface area contributed by atoms with Crippen molar-refractivity contribution in [2.75, 3.05) is 26.8 Å². The third kappa shape index (κ3) is 6.72. The molecule has 0 aliphatic carbocycles. The molecule has 1 aliphatic heterocycles. The van der Waals surface area contributed by atoms with Crippen molar-refractivity contribution in [1.82, 2.24) is 10.6 Å². The lowest BCUT2D eigenvalue weighted by molar-refractivity contribution is 0.148. The molecule has 2 N–H and O–H groups in total. The molecular formula is C15H32N2O. The SMILES string of the molecule is COCCC(C)(C)CNC(C)CC1CCCCN1. The minimum absolute atomic E-state index is 0.324. The Labute approximate surface area is 113 Å². The number of hydrogen-bond acceptors (Lipinski definition) is 3. The summed E-state index contributed by atoms with van der Waals surface area (Å²) >= 11 is 0. The standard InChI is InChI=1S/C15H32N2O/c1-13(11-14-7-5-6-9-16-14)17-12-15(2,3)8-10-18-4/h13-14,16-17H,5-12H2,1-4H3. The summed E-state index contributed by atoms with van der Waals surface area (Å²) in [5, 5.41) is 7.30. The maximum Gasteiger partial charge on any atom is 0.0467 e. The van der Waals surface area contributed by atoms with Gasteiger partial charge in [-0.15, -0.1) is 0 Å². The number of nitrogens with one attached hydrogen (secondary N) is 2. The van der Waals surface area contributed by atoms with Gasteiger partial charge >= 0.3 is 0 Å². The van der Waals surface area contributed by atoms with Gasteiger partial charge in [0.2, 0.25) is 0 Å². The molecule has 0 spiro atoms. The van der Waals surface area contributed by atoms with Gasteiger partial charge in [-0.3, -0.25) is 0 Å². The van der Waals surface area contributed by atoms with E-state index in [0.717, 1.165) is 25.6 Å². The van der Waals surface area contributed by atoms with Crippen LogP contribution in [0, 0.1) is 5.41 Å². The maximum absolute atomic E-state index is 5.17. The molecule has 0 bridgehead atoms. The van der Waals surface area contributed by atoms with E-state index < -0.39 is 0 Å². The fourth-order valence-electron chi connectivity index (χ4n) is 2.55. The van der Waals surface area contributed by atoms with Crippen LogP contribution in [0.15, 0.2) is 0 Å². The Morgan fingerprint density at radius 2 is 2.17 bits per heavy atom. The van der Waals surface area contributed by atoms with Crippen LogP contribution in [0.3, 0.4) is 0 Å². The van der Waals surface area contributed by atoms with E-state index in [1.807, 2.05) is 0 Å². The molecule has 0 aromatic carbocycles. The molecule has 2 unspecified atom stereocenters. The molecule has 0 radical (unpaired) electrons.